The van der Waals surface area contributed by atoms with E-state index in [0.717, 1.165) is 16.6 Å². The Hall–Kier alpha value is -0.900. The van der Waals surface area contributed by atoms with Gasteiger partial charge in [-0.15, -0.1) is 0 Å². The summed E-state index contributed by atoms with van der Waals surface area (Å²) in [5.41, 5.74) is 1.53. The van der Waals surface area contributed by atoms with Gasteiger partial charge in [-0.1, -0.05) is 19.3 Å². The fourth-order valence-electron chi connectivity index (χ4n) is 2.13. The molecule has 0 spiro atoms. The topological polar surface area (TPSA) is 42.0 Å². The number of carbonyl (C=O) groups is 1. The van der Waals surface area contributed by atoms with Crippen molar-refractivity contribution in [2.24, 2.45) is 0 Å². The van der Waals surface area contributed by atoms with Gasteiger partial charge in [-0.05, 0) is 34.8 Å². The molecular formula is C12H15BrN2O. The molecule has 1 aliphatic carbocycles. The van der Waals surface area contributed by atoms with Gasteiger partial charge in [-0.25, -0.2) is 4.98 Å². The van der Waals surface area contributed by atoms with Crippen LogP contribution in [0.1, 0.15) is 42.5 Å². The highest BCUT2D eigenvalue weighted by molar-refractivity contribution is 9.10. The second-order valence-corrected chi connectivity index (χ2v) is 5.00. The number of aromatic nitrogens is 1. The Morgan fingerprint density at radius 3 is 2.81 bits per heavy atom. The Morgan fingerprint density at radius 1 is 1.38 bits per heavy atom. The first-order chi connectivity index (χ1) is 7.79. The van der Waals surface area contributed by atoms with Gasteiger partial charge in [-0.3, -0.25) is 4.79 Å². The van der Waals surface area contributed by atoms with Gasteiger partial charge in [-0.2, -0.15) is 0 Å². The predicted molar refractivity (Wildman–Crippen MR) is 67.8 cm³/mol. The molecule has 86 valence electrons. The van der Waals surface area contributed by atoms with Crippen molar-refractivity contribution in [3.63, 3.8) is 0 Å². The molecule has 1 heterocycles. The van der Waals surface area contributed by atoms with Gasteiger partial charge >= 0.3 is 0 Å². The zero-order chi connectivity index (χ0) is 11.4. The number of hydrogen-bond donors (Lipinski definition) is 1. The first-order valence-electron chi connectivity index (χ1n) is 5.67. The van der Waals surface area contributed by atoms with E-state index in [4.69, 9.17) is 0 Å². The van der Waals surface area contributed by atoms with Crippen LogP contribution in [0.3, 0.4) is 0 Å². The van der Waals surface area contributed by atoms with E-state index in [1.165, 1.54) is 32.1 Å². The quantitative estimate of drug-likeness (QED) is 0.683. The number of halogens is 1. The Morgan fingerprint density at radius 2 is 2.12 bits per heavy atom. The van der Waals surface area contributed by atoms with Gasteiger partial charge in [0.15, 0.2) is 6.29 Å². The van der Waals surface area contributed by atoms with Crippen molar-refractivity contribution in [2.45, 2.75) is 38.1 Å². The Labute approximate surface area is 104 Å². The van der Waals surface area contributed by atoms with Crippen LogP contribution < -0.4 is 5.32 Å². The van der Waals surface area contributed by atoms with Gasteiger partial charge in [0.1, 0.15) is 4.60 Å². The summed E-state index contributed by atoms with van der Waals surface area (Å²) in [5, 5.41) is 3.44. The number of nitrogens with one attached hydrogen (secondary N) is 1. The maximum atomic E-state index is 10.9. The summed E-state index contributed by atoms with van der Waals surface area (Å²) in [6.45, 7) is 0. The van der Waals surface area contributed by atoms with Crippen molar-refractivity contribution >= 4 is 27.9 Å². The van der Waals surface area contributed by atoms with Crippen LogP contribution in [0.2, 0.25) is 0 Å². The van der Waals surface area contributed by atoms with E-state index in [1.807, 2.05) is 6.07 Å². The van der Waals surface area contributed by atoms with Crippen molar-refractivity contribution < 1.29 is 4.79 Å². The van der Waals surface area contributed by atoms with E-state index < -0.39 is 0 Å². The summed E-state index contributed by atoms with van der Waals surface area (Å²) in [5.74, 6) is 0. The van der Waals surface area contributed by atoms with E-state index >= 15 is 0 Å². The molecule has 1 aliphatic rings. The molecule has 2 rings (SSSR count). The van der Waals surface area contributed by atoms with Gasteiger partial charge in [0, 0.05) is 17.9 Å². The fraction of sp³-hybridized carbons (Fsp3) is 0.500. The highest BCUT2D eigenvalue weighted by atomic mass is 79.9. The second-order valence-electron chi connectivity index (χ2n) is 4.19. The standard InChI is InChI=1S/C12H15BrN2O/c13-12-6-11(9(8-16)7-14-12)15-10-4-2-1-3-5-10/h6-8,10H,1-5H2,(H,14,15). The molecule has 0 atom stereocenters. The highest BCUT2D eigenvalue weighted by Crippen LogP contribution is 2.24. The minimum absolute atomic E-state index is 0.502. The molecule has 0 amide bonds. The first kappa shape index (κ1) is 11.6. The molecule has 0 aromatic carbocycles. The lowest BCUT2D eigenvalue weighted by Crippen LogP contribution is -2.22. The molecular weight excluding hydrogens is 268 g/mol. The van der Waals surface area contributed by atoms with Gasteiger partial charge in [0.05, 0.1) is 5.56 Å². The van der Waals surface area contributed by atoms with Crippen molar-refractivity contribution in [1.82, 2.24) is 4.98 Å². The molecule has 0 radical (unpaired) electrons. The molecule has 0 bridgehead atoms. The molecule has 1 aromatic heterocycles. The third-order valence-corrected chi connectivity index (χ3v) is 3.43. The molecule has 0 unspecified atom stereocenters. The van der Waals surface area contributed by atoms with E-state index in [2.05, 4.69) is 26.2 Å². The maximum Gasteiger partial charge on any atom is 0.153 e. The summed E-state index contributed by atoms with van der Waals surface area (Å²) in [7, 11) is 0. The summed E-state index contributed by atoms with van der Waals surface area (Å²) < 4.78 is 0.761. The molecule has 0 aliphatic heterocycles. The summed E-state index contributed by atoms with van der Waals surface area (Å²) in [4.78, 5) is 14.9. The Balaban J connectivity index is 2.12. The Kier molecular flexibility index (Phi) is 3.93. The SMILES string of the molecule is O=Cc1cnc(Br)cc1NC1CCCCC1. The average Bonchev–Trinajstić information content (AvgIpc) is 2.31. The molecule has 16 heavy (non-hydrogen) atoms. The summed E-state index contributed by atoms with van der Waals surface area (Å²) in [6.07, 6.45) is 8.72. The van der Waals surface area contributed by atoms with Crippen LogP contribution >= 0.6 is 15.9 Å². The first-order valence-corrected chi connectivity index (χ1v) is 6.46. The summed E-state index contributed by atoms with van der Waals surface area (Å²) in [6, 6.07) is 2.37. The minimum Gasteiger partial charge on any atom is -0.382 e. The van der Waals surface area contributed by atoms with Gasteiger partial charge < -0.3 is 5.32 Å². The van der Waals surface area contributed by atoms with Crippen LogP contribution in [0.25, 0.3) is 0 Å². The van der Waals surface area contributed by atoms with E-state index in [-0.39, 0.29) is 0 Å². The number of aldehydes is 1. The number of pyridine rings is 1. The van der Waals surface area contributed by atoms with Crippen molar-refractivity contribution in [3.8, 4) is 0 Å². The largest absolute Gasteiger partial charge is 0.382 e. The molecule has 4 heteroatoms. The highest BCUT2D eigenvalue weighted by Gasteiger charge is 2.14. The third kappa shape index (κ3) is 2.82. The van der Waals surface area contributed by atoms with Gasteiger partial charge in [0.25, 0.3) is 0 Å². The molecule has 3 nitrogen and oxygen atoms in total. The van der Waals surface area contributed by atoms with E-state index in [0.29, 0.717) is 11.6 Å². The van der Waals surface area contributed by atoms with Crippen LogP contribution in [0.5, 0.6) is 0 Å². The zero-order valence-corrected chi connectivity index (χ0v) is 10.7. The molecule has 1 N–H and O–H groups in total. The lowest BCUT2D eigenvalue weighted by atomic mass is 9.95. The van der Waals surface area contributed by atoms with E-state index in [9.17, 15) is 4.79 Å². The maximum absolute atomic E-state index is 10.9. The minimum atomic E-state index is 0.502. The smallest absolute Gasteiger partial charge is 0.153 e. The molecule has 1 aromatic rings. The van der Waals surface area contributed by atoms with Crippen molar-refractivity contribution in [2.75, 3.05) is 5.32 Å². The average molecular weight is 283 g/mol. The number of nitrogens with zero attached hydrogens (tertiary/aromatic N) is 1. The molecule has 1 fully saturated rings. The third-order valence-electron chi connectivity index (χ3n) is 2.99. The number of hydrogen-bond acceptors (Lipinski definition) is 3. The molecule has 0 saturated heterocycles. The monoisotopic (exact) mass is 282 g/mol. The second kappa shape index (κ2) is 5.43. The summed E-state index contributed by atoms with van der Waals surface area (Å²) >= 11 is 3.32. The van der Waals surface area contributed by atoms with Crippen LogP contribution in [0.15, 0.2) is 16.9 Å². The predicted octanol–water partition coefficient (Wildman–Crippen LogP) is 3.40. The normalized spacial score (nSPS) is 17.1. The molecule has 1 saturated carbocycles. The number of carbonyl (C=O) groups excluding carboxylic acids is 1. The lowest BCUT2D eigenvalue weighted by molar-refractivity contribution is 0.112. The van der Waals surface area contributed by atoms with Crippen molar-refractivity contribution in [3.05, 3.63) is 22.4 Å². The fourth-order valence-corrected chi connectivity index (χ4v) is 2.46. The van der Waals surface area contributed by atoms with Crippen LogP contribution in [-0.2, 0) is 0 Å². The van der Waals surface area contributed by atoms with E-state index in [1.54, 1.807) is 6.20 Å². The zero-order valence-electron chi connectivity index (χ0n) is 9.08. The van der Waals surface area contributed by atoms with Crippen LogP contribution in [-0.4, -0.2) is 17.3 Å². The van der Waals surface area contributed by atoms with Gasteiger partial charge in [0.2, 0.25) is 0 Å². The van der Waals surface area contributed by atoms with Crippen LogP contribution in [0, 0.1) is 0 Å². The lowest BCUT2D eigenvalue weighted by Gasteiger charge is -2.24. The Bertz CT molecular complexity index is 375. The van der Waals surface area contributed by atoms with Crippen LogP contribution in [0.4, 0.5) is 5.69 Å². The number of rotatable bonds is 3. The number of anilines is 1. The van der Waals surface area contributed by atoms with Crippen molar-refractivity contribution in [1.29, 1.82) is 0 Å².